The number of carbonyl (C=O) groups is 3. The number of ether oxygens (including phenoxy) is 2. The Balaban J connectivity index is 1.48. The largest absolute Gasteiger partial charge is 0.480 e. The second-order valence-electron chi connectivity index (χ2n) is 9.35. The van der Waals surface area contributed by atoms with Gasteiger partial charge in [-0.2, -0.15) is 0 Å². The van der Waals surface area contributed by atoms with Crippen LogP contribution in [-0.4, -0.2) is 59.8 Å². The van der Waals surface area contributed by atoms with Crippen molar-refractivity contribution in [1.29, 1.82) is 0 Å². The van der Waals surface area contributed by atoms with E-state index in [0.29, 0.717) is 0 Å². The van der Waals surface area contributed by atoms with Gasteiger partial charge in [0.1, 0.15) is 19.2 Å². The monoisotopic (exact) mass is 528 g/mol. The number of aliphatic carboxylic acids is 1. The average Bonchev–Trinajstić information content (AvgIpc) is 3.27. The SMILES string of the molecule is C=CCN(CC(=O)O)C(=O)[C@H](NC(=O)OCC1c2ccccc2-c2ccccc21)[C@H](C)OCc1ccccc1. The van der Waals surface area contributed by atoms with Gasteiger partial charge in [-0.05, 0) is 34.7 Å². The van der Waals surface area contributed by atoms with Crippen molar-refractivity contribution in [3.63, 3.8) is 0 Å². The van der Waals surface area contributed by atoms with E-state index >= 15 is 0 Å². The van der Waals surface area contributed by atoms with Gasteiger partial charge in [0.25, 0.3) is 0 Å². The molecule has 0 spiro atoms. The fourth-order valence-electron chi connectivity index (χ4n) is 4.79. The Morgan fingerprint density at radius 2 is 1.56 bits per heavy atom. The molecule has 0 saturated heterocycles. The molecule has 2 atom stereocenters. The molecule has 3 aromatic rings. The predicted molar refractivity (Wildman–Crippen MR) is 147 cm³/mol. The lowest BCUT2D eigenvalue weighted by atomic mass is 9.98. The molecule has 1 aliphatic carbocycles. The molecular weight excluding hydrogens is 496 g/mol. The Kier molecular flexibility index (Phi) is 9.12. The zero-order valence-electron chi connectivity index (χ0n) is 21.8. The van der Waals surface area contributed by atoms with E-state index < -0.39 is 36.7 Å². The number of nitrogens with one attached hydrogen (secondary N) is 1. The minimum absolute atomic E-state index is 0.000587. The molecule has 4 rings (SSSR count). The van der Waals surface area contributed by atoms with E-state index in [1.54, 1.807) is 6.92 Å². The van der Waals surface area contributed by atoms with Crippen molar-refractivity contribution in [2.45, 2.75) is 31.6 Å². The fourth-order valence-corrected chi connectivity index (χ4v) is 4.79. The number of hydrogen-bond acceptors (Lipinski definition) is 5. The van der Waals surface area contributed by atoms with Crippen molar-refractivity contribution in [1.82, 2.24) is 10.2 Å². The molecule has 0 aliphatic heterocycles. The highest BCUT2D eigenvalue weighted by atomic mass is 16.5. The van der Waals surface area contributed by atoms with Crippen LogP contribution in [0.3, 0.4) is 0 Å². The van der Waals surface area contributed by atoms with Gasteiger partial charge >= 0.3 is 12.1 Å². The van der Waals surface area contributed by atoms with Crippen LogP contribution in [0, 0.1) is 0 Å². The van der Waals surface area contributed by atoms with Crippen molar-refractivity contribution in [2.75, 3.05) is 19.7 Å². The first kappa shape index (κ1) is 27.6. The summed E-state index contributed by atoms with van der Waals surface area (Å²) in [5.41, 5.74) is 5.23. The second kappa shape index (κ2) is 12.9. The van der Waals surface area contributed by atoms with Gasteiger partial charge in [0.2, 0.25) is 5.91 Å². The number of benzene rings is 3. The topological polar surface area (TPSA) is 105 Å². The van der Waals surface area contributed by atoms with Crippen molar-refractivity contribution in [2.24, 2.45) is 0 Å². The fraction of sp³-hybridized carbons (Fsp3) is 0.258. The zero-order valence-corrected chi connectivity index (χ0v) is 21.8. The number of carbonyl (C=O) groups excluding carboxylic acids is 2. The Morgan fingerprint density at radius 1 is 0.974 bits per heavy atom. The first-order chi connectivity index (χ1) is 18.9. The zero-order chi connectivity index (χ0) is 27.8. The summed E-state index contributed by atoms with van der Waals surface area (Å²) in [7, 11) is 0. The molecule has 2 N–H and O–H groups in total. The van der Waals surface area contributed by atoms with E-state index in [0.717, 1.165) is 32.7 Å². The minimum Gasteiger partial charge on any atom is -0.480 e. The maximum absolute atomic E-state index is 13.4. The number of alkyl carbamates (subject to hydrolysis) is 1. The van der Waals surface area contributed by atoms with Gasteiger partial charge in [-0.1, -0.05) is 84.9 Å². The number of amides is 2. The maximum Gasteiger partial charge on any atom is 0.407 e. The smallest absolute Gasteiger partial charge is 0.407 e. The molecule has 0 heterocycles. The second-order valence-corrected chi connectivity index (χ2v) is 9.35. The van der Waals surface area contributed by atoms with Crippen LogP contribution in [0.2, 0.25) is 0 Å². The Bertz CT molecular complexity index is 1280. The third kappa shape index (κ3) is 6.72. The lowest BCUT2D eigenvalue weighted by Gasteiger charge is -2.29. The van der Waals surface area contributed by atoms with E-state index in [1.165, 1.54) is 6.08 Å². The Labute approximate surface area is 227 Å². The molecule has 0 aromatic heterocycles. The quantitative estimate of drug-likeness (QED) is 0.333. The van der Waals surface area contributed by atoms with Crippen LogP contribution >= 0.6 is 0 Å². The number of rotatable bonds is 12. The van der Waals surface area contributed by atoms with Crippen molar-refractivity contribution < 1.29 is 29.0 Å². The number of nitrogens with zero attached hydrogens (tertiary/aromatic N) is 1. The third-order valence-electron chi connectivity index (χ3n) is 6.70. The van der Waals surface area contributed by atoms with E-state index in [2.05, 4.69) is 11.9 Å². The minimum atomic E-state index is -1.18. The van der Waals surface area contributed by atoms with Crippen LogP contribution in [0.25, 0.3) is 11.1 Å². The van der Waals surface area contributed by atoms with E-state index in [9.17, 15) is 19.5 Å². The lowest BCUT2D eigenvalue weighted by molar-refractivity contribution is -0.146. The molecule has 0 unspecified atom stereocenters. The summed E-state index contributed by atoms with van der Waals surface area (Å²) in [6.07, 6.45) is -0.140. The van der Waals surface area contributed by atoms with Crippen LogP contribution in [-0.2, 0) is 25.7 Å². The van der Waals surface area contributed by atoms with Crippen LogP contribution in [0.4, 0.5) is 4.79 Å². The van der Waals surface area contributed by atoms with Crippen molar-refractivity contribution in [3.8, 4) is 11.1 Å². The summed E-state index contributed by atoms with van der Waals surface area (Å²) in [6.45, 7) is 5.01. The van der Waals surface area contributed by atoms with Crippen LogP contribution in [0.1, 0.15) is 29.5 Å². The lowest BCUT2D eigenvalue weighted by Crippen LogP contribution is -2.55. The summed E-state index contributed by atoms with van der Waals surface area (Å²) >= 11 is 0. The molecule has 0 fully saturated rings. The summed E-state index contributed by atoms with van der Waals surface area (Å²) in [6, 6.07) is 24.2. The molecule has 0 radical (unpaired) electrons. The van der Waals surface area contributed by atoms with Gasteiger partial charge in [0.15, 0.2) is 0 Å². The molecule has 3 aromatic carbocycles. The molecule has 8 heteroatoms. The molecule has 0 saturated carbocycles. The van der Waals surface area contributed by atoms with Gasteiger partial charge in [-0.3, -0.25) is 9.59 Å². The number of hydrogen-bond donors (Lipinski definition) is 2. The van der Waals surface area contributed by atoms with E-state index in [-0.39, 0.29) is 25.7 Å². The van der Waals surface area contributed by atoms with Crippen LogP contribution < -0.4 is 5.32 Å². The molecule has 8 nitrogen and oxygen atoms in total. The standard InChI is InChI=1S/C31H32N2O6/c1-3-17-33(18-28(34)35)30(36)29(21(2)38-19-22-11-5-4-6-12-22)32-31(37)39-20-27-25-15-9-7-13-23(25)24-14-8-10-16-26(24)27/h3-16,21,27,29H,1,17-20H2,2H3,(H,32,37)(H,34,35)/t21-,29+/m0/s1. The first-order valence-electron chi connectivity index (χ1n) is 12.8. The summed E-state index contributed by atoms with van der Waals surface area (Å²) in [5, 5.41) is 11.9. The van der Waals surface area contributed by atoms with Crippen molar-refractivity contribution in [3.05, 3.63) is 108 Å². The molecule has 1 aliphatic rings. The van der Waals surface area contributed by atoms with Gasteiger partial charge < -0.3 is 24.8 Å². The highest BCUT2D eigenvalue weighted by Gasteiger charge is 2.34. The number of carboxylic acid groups (broad SMARTS) is 1. The van der Waals surface area contributed by atoms with Gasteiger partial charge in [-0.15, -0.1) is 6.58 Å². The van der Waals surface area contributed by atoms with E-state index in [4.69, 9.17) is 9.47 Å². The predicted octanol–water partition coefficient (Wildman–Crippen LogP) is 4.60. The van der Waals surface area contributed by atoms with Gasteiger partial charge in [-0.25, -0.2) is 4.79 Å². The van der Waals surface area contributed by atoms with Gasteiger partial charge in [0, 0.05) is 12.5 Å². The maximum atomic E-state index is 13.4. The number of carboxylic acids is 1. The van der Waals surface area contributed by atoms with Crippen LogP contribution in [0.15, 0.2) is 91.5 Å². The average molecular weight is 529 g/mol. The molecule has 0 bridgehead atoms. The highest BCUT2D eigenvalue weighted by molar-refractivity contribution is 5.89. The van der Waals surface area contributed by atoms with Crippen molar-refractivity contribution >= 4 is 18.0 Å². The summed E-state index contributed by atoms with van der Waals surface area (Å²) in [4.78, 5) is 38.9. The summed E-state index contributed by atoms with van der Waals surface area (Å²) < 4.78 is 11.6. The molecule has 2 amide bonds. The molecule has 202 valence electrons. The Morgan fingerprint density at radius 3 is 2.15 bits per heavy atom. The van der Waals surface area contributed by atoms with Gasteiger partial charge in [0.05, 0.1) is 12.7 Å². The Hall–Kier alpha value is -4.43. The summed E-state index contributed by atoms with van der Waals surface area (Å²) in [5.74, 6) is -1.93. The number of fused-ring (bicyclic) bond motifs is 3. The normalized spacial score (nSPS) is 13.5. The van der Waals surface area contributed by atoms with Crippen LogP contribution in [0.5, 0.6) is 0 Å². The van der Waals surface area contributed by atoms with E-state index in [1.807, 2.05) is 78.9 Å². The third-order valence-corrected chi connectivity index (χ3v) is 6.70. The molecular formula is C31H32N2O6. The highest BCUT2D eigenvalue weighted by Crippen LogP contribution is 2.44. The first-order valence-corrected chi connectivity index (χ1v) is 12.8. The molecule has 39 heavy (non-hydrogen) atoms.